The van der Waals surface area contributed by atoms with E-state index in [-0.39, 0.29) is 0 Å². The molecule has 15 heavy (non-hydrogen) atoms. The fraction of sp³-hybridized carbons (Fsp3) is 0.300. The minimum absolute atomic E-state index is 0.455. The molecule has 0 aromatic carbocycles. The smallest absolute Gasteiger partial charge is 0.189 e. The Labute approximate surface area is 102 Å². The Balaban J connectivity index is 2.44. The van der Waals surface area contributed by atoms with Gasteiger partial charge in [0, 0.05) is 6.54 Å². The maximum atomic E-state index is 5.67. The monoisotopic (exact) mass is 287 g/mol. The van der Waals surface area contributed by atoms with Crippen molar-refractivity contribution in [3.8, 4) is 0 Å². The van der Waals surface area contributed by atoms with E-state index < -0.39 is 0 Å². The first-order valence-corrected chi connectivity index (χ1v) is 6.17. The number of guanidine groups is 1. The highest BCUT2D eigenvalue weighted by Gasteiger charge is 1.99. The molecule has 5 heteroatoms. The molecule has 0 atom stereocenters. The zero-order valence-electron chi connectivity index (χ0n) is 8.59. The van der Waals surface area contributed by atoms with Crippen molar-refractivity contribution in [1.29, 1.82) is 0 Å². The van der Waals surface area contributed by atoms with Gasteiger partial charge in [0.05, 0.1) is 10.3 Å². The largest absolute Gasteiger partial charge is 0.370 e. The molecule has 1 heterocycles. The van der Waals surface area contributed by atoms with Crippen LogP contribution in [0.4, 0.5) is 0 Å². The topological polar surface area (TPSA) is 50.4 Å². The molecule has 0 aliphatic carbocycles. The lowest BCUT2D eigenvalue weighted by Crippen LogP contribution is -2.32. The number of nitrogens with zero attached hydrogens (tertiary/aromatic N) is 1. The van der Waals surface area contributed by atoms with Crippen LogP contribution in [0.25, 0.3) is 0 Å². The van der Waals surface area contributed by atoms with E-state index >= 15 is 0 Å². The first-order chi connectivity index (χ1) is 7.09. The van der Waals surface area contributed by atoms with Gasteiger partial charge in [-0.3, -0.25) is 0 Å². The molecule has 0 fully saturated rings. The summed E-state index contributed by atoms with van der Waals surface area (Å²) in [6.07, 6.45) is 0. The van der Waals surface area contributed by atoms with Crippen molar-refractivity contribution in [3.05, 3.63) is 32.9 Å². The molecule has 0 spiro atoms. The summed E-state index contributed by atoms with van der Waals surface area (Å²) >= 11 is 5.10. The van der Waals surface area contributed by atoms with Gasteiger partial charge in [0.25, 0.3) is 0 Å². The molecule has 3 nitrogen and oxygen atoms in total. The van der Waals surface area contributed by atoms with Crippen molar-refractivity contribution in [1.82, 2.24) is 5.32 Å². The molecule has 0 radical (unpaired) electrons. The molecule has 0 saturated heterocycles. The predicted molar refractivity (Wildman–Crippen MR) is 70.2 cm³/mol. The average molecular weight is 288 g/mol. The molecule has 0 aliphatic heterocycles. The van der Waals surface area contributed by atoms with Crippen molar-refractivity contribution >= 4 is 33.2 Å². The summed E-state index contributed by atoms with van der Waals surface area (Å²) in [5.74, 6) is 0.455. The highest BCUT2D eigenvalue weighted by atomic mass is 79.9. The maximum Gasteiger partial charge on any atom is 0.189 e. The SMILES string of the molecule is C=C(C)CNC(N)=NCc1ccsc1Br. The highest BCUT2D eigenvalue weighted by Crippen LogP contribution is 2.23. The summed E-state index contributed by atoms with van der Waals surface area (Å²) in [6.45, 7) is 6.98. The van der Waals surface area contributed by atoms with Gasteiger partial charge in [0.1, 0.15) is 0 Å². The van der Waals surface area contributed by atoms with Crippen LogP contribution in [0.3, 0.4) is 0 Å². The van der Waals surface area contributed by atoms with E-state index in [1.165, 1.54) is 0 Å². The van der Waals surface area contributed by atoms with Crippen LogP contribution in [-0.4, -0.2) is 12.5 Å². The summed E-state index contributed by atoms with van der Waals surface area (Å²) < 4.78 is 1.11. The first kappa shape index (κ1) is 12.3. The third-order valence-corrected chi connectivity index (χ3v) is 3.50. The van der Waals surface area contributed by atoms with Gasteiger partial charge >= 0.3 is 0 Å². The predicted octanol–water partition coefficient (Wildman–Crippen LogP) is 2.49. The average Bonchev–Trinajstić information content (AvgIpc) is 2.58. The molecule has 3 N–H and O–H groups in total. The second kappa shape index (κ2) is 5.92. The molecule has 0 saturated carbocycles. The minimum Gasteiger partial charge on any atom is -0.370 e. The lowest BCUT2D eigenvalue weighted by molar-refractivity contribution is 0.940. The molecule has 0 unspecified atom stereocenters. The Morgan fingerprint density at radius 1 is 1.73 bits per heavy atom. The molecule has 82 valence electrons. The Kier molecular flexibility index (Phi) is 4.84. The van der Waals surface area contributed by atoms with Crippen LogP contribution < -0.4 is 11.1 Å². The van der Waals surface area contributed by atoms with E-state index in [0.29, 0.717) is 19.0 Å². The number of halogens is 1. The van der Waals surface area contributed by atoms with Crippen LogP contribution in [0.1, 0.15) is 12.5 Å². The molecule has 0 amide bonds. The second-order valence-electron chi connectivity index (χ2n) is 3.23. The van der Waals surface area contributed by atoms with E-state index in [4.69, 9.17) is 5.73 Å². The first-order valence-electron chi connectivity index (χ1n) is 4.49. The van der Waals surface area contributed by atoms with E-state index in [1.54, 1.807) is 11.3 Å². The van der Waals surface area contributed by atoms with Crippen molar-refractivity contribution in [2.24, 2.45) is 10.7 Å². The fourth-order valence-electron chi connectivity index (χ4n) is 0.900. The second-order valence-corrected chi connectivity index (χ2v) is 5.47. The van der Waals surface area contributed by atoms with E-state index in [1.807, 2.05) is 18.4 Å². The zero-order valence-corrected chi connectivity index (χ0v) is 11.0. The molecule has 1 aromatic heterocycles. The quantitative estimate of drug-likeness (QED) is 0.508. The van der Waals surface area contributed by atoms with Crippen LogP contribution in [-0.2, 0) is 6.54 Å². The van der Waals surface area contributed by atoms with Crippen LogP contribution in [0.15, 0.2) is 32.4 Å². The van der Waals surface area contributed by atoms with Crippen molar-refractivity contribution in [2.75, 3.05) is 6.54 Å². The van der Waals surface area contributed by atoms with E-state index in [9.17, 15) is 0 Å². The zero-order chi connectivity index (χ0) is 11.3. The lowest BCUT2D eigenvalue weighted by Gasteiger charge is -2.04. The number of aliphatic imine (C=N–C) groups is 1. The van der Waals surface area contributed by atoms with Gasteiger partial charge in [-0.05, 0) is 39.9 Å². The van der Waals surface area contributed by atoms with Gasteiger partial charge in [0.2, 0.25) is 0 Å². The summed E-state index contributed by atoms with van der Waals surface area (Å²) in [4.78, 5) is 4.22. The minimum atomic E-state index is 0.455. The molecular weight excluding hydrogens is 274 g/mol. The highest BCUT2D eigenvalue weighted by molar-refractivity contribution is 9.11. The Morgan fingerprint density at radius 3 is 3.00 bits per heavy atom. The molecule has 1 aromatic rings. The van der Waals surface area contributed by atoms with Crippen molar-refractivity contribution < 1.29 is 0 Å². The van der Waals surface area contributed by atoms with Crippen LogP contribution in [0.2, 0.25) is 0 Å². The van der Waals surface area contributed by atoms with Gasteiger partial charge in [-0.2, -0.15) is 0 Å². The molecule has 1 rings (SSSR count). The van der Waals surface area contributed by atoms with Gasteiger partial charge in [0.15, 0.2) is 5.96 Å². The maximum absolute atomic E-state index is 5.67. The Morgan fingerprint density at radius 2 is 2.47 bits per heavy atom. The normalized spacial score (nSPS) is 11.5. The van der Waals surface area contributed by atoms with Crippen molar-refractivity contribution in [3.63, 3.8) is 0 Å². The summed E-state index contributed by atoms with van der Waals surface area (Å²) in [5.41, 5.74) is 7.86. The third-order valence-electron chi connectivity index (χ3n) is 1.68. The molecule has 0 aliphatic rings. The van der Waals surface area contributed by atoms with Crippen LogP contribution in [0.5, 0.6) is 0 Å². The van der Waals surface area contributed by atoms with Gasteiger partial charge in [-0.15, -0.1) is 11.3 Å². The van der Waals surface area contributed by atoms with E-state index in [0.717, 1.165) is 14.9 Å². The Bertz CT molecular complexity index is 370. The fourth-order valence-corrected chi connectivity index (χ4v) is 2.12. The number of hydrogen-bond donors (Lipinski definition) is 2. The number of rotatable bonds is 4. The lowest BCUT2D eigenvalue weighted by atomic mass is 10.3. The van der Waals surface area contributed by atoms with E-state index in [2.05, 4.69) is 32.8 Å². The number of hydrogen-bond acceptors (Lipinski definition) is 2. The number of nitrogens with two attached hydrogens (primary N) is 1. The van der Waals surface area contributed by atoms with Crippen LogP contribution >= 0.6 is 27.3 Å². The van der Waals surface area contributed by atoms with Crippen LogP contribution in [0, 0.1) is 0 Å². The summed E-state index contributed by atoms with van der Waals surface area (Å²) in [5, 5.41) is 5.00. The molecule has 0 bridgehead atoms. The van der Waals surface area contributed by atoms with Gasteiger partial charge in [-0.25, -0.2) is 4.99 Å². The standard InChI is InChI=1S/C10H14BrN3S/c1-7(2)5-13-10(12)14-6-8-3-4-15-9(8)11/h3-4H,1,5-6H2,2H3,(H3,12,13,14). The Hall–Kier alpha value is -0.810. The number of nitrogens with one attached hydrogen (secondary N) is 1. The van der Waals surface area contributed by atoms with Gasteiger partial charge < -0.3 is 11.1 Å². The van der Waals surface area contributed by atoms with Gasteiger partial charge in [-0.1, -0.05) is 12.2 Å². The summed E-state index contributed by atoms with van der Waals surface area (Å²) in [6, 6.07) is 2.03. The number of thiophene rings is 1. The summed E-state index contributed by atoms with van der Waals surface area (Å²) in [7, 11) is 0. The third kappa shape index (κ3) is 4.48. The molecular formula is C10H14BrN3S. The van der Waals surface area contributed by atoms with Crippen molar-refractivity contribution in [2.45, 2.75) is 13.5 Å².